The van der Waals surface area contributed by atoms with E-state index < -0.39 is 0 Å². The number of hydrogen-bond donors (Lipinski definition) is 1. The molecule has 0 bridgehead atoms. The van der Waals surface area contributed by atoms with Crippen molar-refractivity contribution in [3.05, 3.63) is 77.9 Å². The third-order valence-corrected chi connectivity index (χ3v) is 4.17. The average Bonchev–Trinajstić information content (AvgIpc) is 2.61. The minimum absolute atomic E-state index is 0.281. The van der Waals surface area contributed by atoms with Crippen LogP contribution in [0.3, 0.4) is 0 Å². The van der Waals surface area contributed by atoms with E-state index >= 15 is 0 Å². The number of hydrogen-bond acceptors (Lipinski definition) is 4. The molecular weight excluding hydrogens is 327 g/mol. The van der Waals surface area contributed by atoms with Crippen molar-refractivity contribution >= 4 is 22.4 Å². The molecule has 0 saturated heterocycles. The third kappa shape index (κ3) is 3.11. The number of aromatic nitrogens is 3. The summed E-state index contributed by atoms with van der Waals surface area (Å²) in [4.78, 5) is 13.5. The van der Waals surface area contributed by atoms with Gasteiger partial charge in [0, 0.05) is 29.0 Å². The molecule has 0 amide bonds. The van der Waals surface area contributed by atoms with Crippen molar-refractivity contribution < 1.29 is 4.39 Å². The van der Waals surface area contributed by atoms with E-state index in [1.165, 1.54) is 12.1 Å². The van der Waals surface area contributed by atoms with Crippen LogP contribution in [0.4, 0.5) is 15.9 Å². The van der Waals surface area contributed by atoms with E-state index in [9.17, 15) is 4.39 Å². The Bertz CT molecular complexity index is 1090. The van der Waals surface area contributed by atoms with E-state index in [1.54, 1.807) is 12.4 Å². The Balaban J connectivity index is 1.89. The molecule has 2 heterocycles. The number of benzene rings is 2. The van der Waals surface area contributed by atoms with Gasteiger partial charge in [-0.15, -0.1) is 0 Å². The van der Waals surface area contributed by atoms with Crippen LogP contribution < -0.4 is 5.32 Å². The number of para-hydroxylation sites is 1. The van der Waals surface area contributed by atoms with E-state index in [2.05, 4.69) is 10.3 Å². The molecule has 2 aromatic carbocycles. The average molecular weight is 344 g/mol. The van der Waals surface area contributed by atoms with Gasteiger partial charge in [-0.3, -0.25) is 4.98 Å². The van der Waals surface area contributed by atoms with Gasteiger partial charge in [0.2, 0.25) is 0 Å². The van der Waals surface area contributed by atoms with Crippen LogP contribution in [0.1, 0.15) is 11.1 Å². The number of nitrogens with zero attached hydrogens (tertiary/aromatic N) is 3. The molecule has 0 aliphatic carbocycles. The number of nitrogens with one attached hydrogen (secondary N) is 1. The zero-order valence-electron chi connectivity index (χ0n) is 14.5. The second kappa shape index (κ2) is 6.52. The Morgan fingerprint density at radius 1 is 0.962 bits per heavy atom. The summed E-state index contributed by atoms with van der Waals surface area (Å²) in [7, 11) is 0. The molecule has 2 aromatic heterocycles. The fourth-order valence-electron chi connectivity index (χ4n) is 2.96. The minimum atomic E-state index is -0.281. The molecule has 0 fully saturated rings. The fraction of sp³-hybridized carbons (Fsp3) is 0.0952. The van der Waals surface area contributed by atoms with Crippen molar-refractivity contribution in [1.82, 2.24) is 15.0 Å². The summed E-state index contributed by atoms with van der Waals surface area (Å²) < 4.78 is 13.8. The second-order valence-corrected chi connectivity index (χ2v) is 6.25. The van der Waals surface area contributed by atoms with Crippen LogP contribution in [0.25, 0.3) is 22.3 Å². The van der Waals surface area contributed by atoms with E-state index in [4.69, 9.17) is 9.97 Å². The number of aryl methyl sites for hydroxylation is 2. The maximum absolute atomic E-state index is 13.8. The second-order valence-electron chi connectivity index (χ2n) is 6.25. The number of halogens is 1. The highest BCUT2D eigenvalue weighted by Crippen LogP contribution is 2.28. The summed E-state index contributed by atoms with van der Waals surface area (Å²) in [5.74, 6) is 0.974. The number of fused-ring (bicyclic) bond motifs is 1. The van der Waals surface area contributed by atoms with Crippen LogP contribution >= 0.6 is 0 Å². The maximum atomic E-state index is 13.8. The van der Waals surface area contributed by atoms with E-state index in [0.717, 1.165) is 27.6 Å². The monoisotopic (exact) mass is 344 g/mol. The van der Waals surface area contributed by atoms with Crippen LogP contribution in [-0.2, 0) is 0 Å². The van der Waals surface area contributed by atoms with Gasteiger partial charge >= 0.3 is 0 Å². The smallest absolute Gasteiger partial charge is 0.162 e. The number of anilines is 2. The summed E-state index contributed by atoms with van der Waals surface area (Å²) >= 11 is 0. The molecule has 1 N–H and O–H groups in total. The zero-order chi connectivity index (χ0) is 18.1. The highest BCUT2D eigenvalue weighted by Gasteiger charge is 2.11. The molecule has 0 aliphatic rings. The Kier molecular flexibility index (Phi) is 4.05. The molecule has 4 nitrogen and oxygen atoms in total. The van der Waals surface area contributed by atoms with Gasteiger partial charge in [-0.05, 0) is 61.4 Å². The molecule has 0 atom stereocenters. The molecule has 0 unspecified atom stereocenters. The molecule has 4 aromatic rings. The fourth-order valence-corrected chi connectivity index (χ4v) is 2.96. The van der Waals surface area contributed by atoms with Gasteiger partial charge in [0.25, 0.3) is 0 Å². The van der Waals surface area contributed by atoms with Gasteiger partial charge in [0.15, 0.2) is 5.82 Å². The first-order valence-electron chi connectivity index (χ1n) is 8.32. The molecule has 0 spiro atoms. The van der Waals surface area contributed by atoms with Crippen molar-refractivity contribution in [1.29, 1.82) is 0 Å². The summed E-state index contributed by atoms with van der Waals surface area (Å²) in [6.45, 7) is 3.84. The Labute approximate surface area is 150 Å². The zero-order valence-corrected chi connectivity index (χ0v) is 14.5. The maximum Gasteiger partial charge on any atom is 0.162 e. The van der Waals surface area contributed by atoms with Crippen molar-refractivity contribution in [3.63, 3.8) is 0 Å². The Morgan fingerprint density at radius 3 is 2.62 bits per heavy atom. The minimum Gasteiger partial charge on any atom is -0.340 e. The lowest BCUT2D eigenvalue weighted by Crippen LogP contribution is -2.01. The predicted molar refractivity (Wildman–Crippen MR) is 102 cm³/mol. The largest absolute Gasteiger partial charge is 0.340 e. The van der Waals surface area contributed by atoms with Gasteiger partial charge in [0.05, 0.1) is 5.52 Å². The Morgan fingerprint density at radius 2 is 1.81 bits per heavy atom. The SMILES string of the molecule is Cc1cc(F)cc(Nc2nc(-c3ccncc3C)nc3ccccc23)c1. The topological polar surface area (TPSA) is 50.7 Å². The lowest BCUT2D eigenvalue weighted by Gasteiger charge is -2.12. The lowest BCUT2D eigenvalue weighted by molar-refractivity contribution is 0.627. The summed E-state index contributed by atoms with van der Waals surface area (Å²) in [5, 5.41) is 4.13. The molecule has 128 valence electrons. The molecule has 26 heavy (non-hydrogen) atoms. The van der Waals surface area contributed by atoms with Gasteiger partial charge in [-0.1, -0.05) is 12.1 Å². The summed E-state index contributed by atoms with van der Waals surface area (Å²) in [5.41, 5.74) is 4.24. The lowest BCUT2D eigenvalue weighted by atomic mass is 10.1. The Hall–Kier alpha value is -3.34. The van der Waals surface area contributed by atoms with Crippen molar-refractivity contribution in [3.8, 4) is 11.4 Å². The third-order valence-electron chi connectivity index (χ3n) is 4.17. The van der Waals surface area contributed by atoms with E-state index in [-0.39, 0.29) is 5.82 Å². The first kappa shape index (κ1) is 16.1. The van der Waals surface area contributed by atoms with E-state index in [0.29, 0.717) is 17.3 Å². The van der Waals surface area contributed by atoms with Crippen LogP contribution in [0, 0.1) is 19.7 Å². The van der Waals surface area contributed by atoms with E-state index in [1.807, 2.05) is 50.2 Å². The molecule has 0 aliphatic heterocycles. The van der Waals surface area contributed by atoms with Crippen LogP contribution in [0.5, 0.6) is 0 Å². The van der Waals surface area contributed by atoms with Crippen molar-refractivity contribution in [2.75, 3.05) is 5.32 Å². The van der Waals surface area contributed by atoms with Gasteiger partial charge in [-0.2, -0.15) is 0 Å². The first-order valence-corrected chi connectivity index (χ1v) is 8.32. The molecular formula is C21H17FN4. The number of pyridine rings is 1. The molecule has 0 radical (unpaired) electrons. The molecule has 4 rings (SSSR count). The van der Waals surface area contributed by atoms with Crippen molar-refractivity contribution in [2.24, 2.45) is 0 Å². The van der Waals surface area contributed by atoms with Gasteiger partial charge < -0.3 is 5.32 Å². The van der Waals surface area contributed by atoms with Crippen LogP contribution in [-0.4, -0.2) is 15.0 Å². The predicted octanol–water partition coefficient (Wildman–Crippen LogP) is 5.19. The highest BCUT2D eigenvalue weighted by atomic mass is 19.1. The highest BCUT2D eigenvalue weighted by molar-refractivity contribution is 5.92. The van der Waals surface area contributed by atoms with Gasteiger partial charge in [0.1, 0.15) is 11.6 Å². The first-order chi connectivity index (χ1) is 12.6. The quantitative estimate of drug-likeness (QED) is 0.555. The molecule has 0 saturated carbocycles. The number of rotatable bonds is 3. The molecule has 5 heteroatoms. The van der Waals surface area contributed by atoms with Crippen LogP contribution in [0.15, 0.2) is 60.9 Å². The van der Waals surface area contributed by atoms with Crippen LogP contribution in [0.2, 0.25) is 0 Å². The summed E-state index contributed by atoms with van der Waals surface area (Å²) in [6.07, 6.45) is 3.51. The normalized spacial score (nSPS) is 10.9. The standard InChI is InChI=1S/C21H17FN4/c1-13-9-15(22)11-16(10-13)24-21-18-5-3-4-6-19(18)25-20(26-21)17-7-8-23-12-14(17)2/h3-12H,1-2H3,(H,24,25,26). The van der Waals surface area contributed by atoms with Crippen molar-refractivity contribution in [2.45, 2.75) is 13.8 Å². The van der Waals surface area contributed by atoms with Gasteiger partial charge in [-0.25, -0.2) is 14.4 Å². The summed E-state index contributed by atoms with van der Waals surface area (Å²) in [6, 6.07) is 14.5.